The maximum absolute atomic E-state index is 4.94. The van der Waals surface area contributed by atoms with Crippen molar-refractivity contribution in [3.8, 4) is 0 Å². The van der Waals surface area contributed by atoms with Crippen molar-refractivity contribution in [2.45, 2.75) is 12.8 Å². The van der Waals surface area contributed by atoms with Gasteiger partial charge in [-0.15, -0.1) is 0 Å². The van der Waals surface area contributed by atoms with Crippen molar-refractivity contribution in [1.82, 2.24) is 0 Å². The Morgan fingerprint density at radius 3 is 1.22 bits per heavy atom. The Kier molecular flexibility index (Phi) is 40.4. The minimum atomic E-state index is 0. The van der Waals surface area contributed by atoms with Crippen LogP contribution in [0, 0.1) is 0 Å². The zero-order valence-corrected chi connectivity index (χ0v) is 8.48. The minimum absolute atomic E-state index is 0. The smallest absolute Gasteiger partial charge is 1.00 e. The molecule has 5 heteroatoms. The number of hydrogen-bond acceptors (Lipinski definition) is 1. The van der Waals surface area contributed by atoms with Crippen LogP contribution < -0.4 is 37.2 Å². The van der Waals surface area contributed by atoms with Gasteiger partial charge in [0.2, 0.25) is 0 Å². The van der Waals surface area contributed by atoms with E-state index in [1.807, 2.05) is 0 Å². The maximum atomic E-state index is 4.94. The predicted octanol–water partition coefficient (Wildman–Crippen LogP) is -8.19. The van der Waals surface area contributed by atoms with E-state index in [1.165, 1.54) is 12.8 Å². The third-order valence-corrected chi connectivity index (χ3v) is 0.827. The zero-order chi connectivity index (χ0) is 3.54. The van der Waals surface area contributed by atoms with Gasteiger partial charge in [0, 0.05) is 13.2 Å². The zero-order valence-electron chi connectivity index (χ0n) is 4.82. The Bertz CT molecular complexity index is 27.4. The summed E-state index contributed by atoms with van der Waals surface area (Å²) in [4.78, 5) is 0. The second-order valence-corrected chi connectivity index (χ2v) is 1.32. The number of rotatable bonds is 0. The molecule has 1 nitrogen and oxygen atoms in total. The molecule has 0 spiro atoms. The SMILES string of the molecule is C1CCOC1.[Cl-].[Cl-].[Cl-].[V+2]. The molecular weight excluding hydrogens is 221 g/mol. The second-order valence-electron chi connectivity index (χ2n) is 1.32. The summed E-state index contributed by atoms with van der Waals surface area (Å²) in [5.41, 5.74) is 0. The van der Waals surface area contributed by atoms with Gasteiger partial charge in [0.05, 0.1) is 0 Å². The van der Waals surface area contributed by atoms with Crippen LogP contribution in [0.5, 0.6) is 0 Å². The van der Waals surface area contributed by atoms with Crippen molar-refractivity contribution in [1.29, 1.82) is 0 Å². The first-order chi connectivity index (χ1) is 2.50. The molecule has 9 heavy (non-hydrogen) atoms. The van der Waals surface area contributed by atoms with E-state index in [9.17, 15) is 0 Å². The van der Waals surface area contributed by atoms with Crippen LogP contribution in [-0.4, -0.2) is 13.2 Å². The van der Waals surface area contributed by atoms with E-state index in [0.29, 0.717) is 0 Å². The van der Waals surface area contributed by atoms with Gasteiger partial charge in [-0.25, -0.2) is 0 Å². The van der Waals surface area contributed by atoms with Crippen molar-refractivity contribution in [3.05, 3.63) is 0 Å². The fourth-order valence-electron chi connectivity index (χ4n) is 0.510. The molecule has 0 bridgehead atoms. The third kappa shape index (κ3) is 12.6. The Balaban J connectivity index is -0.0000000312. The molecule has 0 N–H and O–H groups in total. The topological polar surface area (TPSA) is 9.23 Å². The van der Waals surface area contributed by atoms with Crippen LogP contribution in [0.15, 0.2) is 0 Å². The van der Waals surface area contributed by atoms with Crippen LogP contribution in [-0.2, 0) is 23.3 Å². The number of ether oxygens (including phenoxy) is 1. The molecule has 0 aromatic heterocycles. The van der Waals surface area contributed by atoms with Crippen molar-refractivity contribution >= 4 is 0 Å². The van der Waals surface area contributed by atoms with Gasteiger partial charge in [0.25, 0.3) is 0 Å². The first-order valence-corrected chi connectivity index (χ1v) is 2.08. The van der Waals surface area contributed by atoms with Gasteiger partial charge < -0.3 is 42.0 Å². The molecule has 1 aliphatic rings. The molecule has 1 heterocycles. The van der Waals surface area contributed by atoms with Crippen LogP contribution >= 0.6 is 0 Å². The summed E-state index contributed by atoms with van der Waals surface area (Å²) in [5, 5.41) is 0. The summed E-state index contributed by atoms with van der Waals surface area (Å²) in [6, 6.07) is 0. The largest absolute Gasteiger partial charge is 2.00 e. The number of halogens is 3. The Labute approximate surface area is 86.4 Å². The molecule has 0 aromatic rings. The summed E-state index contributed by atoms with van der Waals surface area (Å²) in [5.74, 6) is 0. The molecule has 0 unspecified atom stereocenters. The molecule has 1 radical (unpaired) electrons. The quantitative estimate of drug-likeness (QED) is 0.401. The van der Waals surface area contributed by atoms with Crippen LogP contribution in [0.3, 0.4) is 0 Å². The predicted molar refractivity (Wildman–Crippen MR) is 20.1 cm³/mol. The van der Waals surface area contributed by atoms with Crippen LogP contribution in [0.1, 0.15) is 12.8 Å². The van der Waals surface area contributed by atoms with Gasteiger partial charge in [-0.1, -0.05) is 0 Å². The Morgan fingerprint density at radius 1 is 0.778 bits per heavy atom. The third-order valence-electron chi connectivity index (χ3n) is 0.827. The molecule has 0 aromatic carbocycles. The summed E-state index contributed by atoms with van der Waals surface area (Å²) >= 11 is 0. The number of hydrogen-bond donors (Lipinski definition) is 0. The van der Waals surface area contributed by atoms with Gasteiger partial charge in [-0.05, 0) is 12.8 Å². The van der Waals surface area contributed by atoms with E-state index < -0.39 is 0 Å². The molecule has 0 saturated carbocycles. The minimum Gasteiger partial charge on any atom is -1.00 e. The van der Waals surface area contributed by atoms with Crippen molar-refractivity contribution in [2.75, 3.05) is 13.2 Å². The van der Waals surface area contributed by atoms with E-state index in [1.54, 1.807) is 0 Å². The fraction of sp³-hybridized carbons (Fsp3) is 1.00. The molecular formula is C4H8Cl3OV-. The van der Waals surface area contributed by atoms with E-state index in [4.69, 9.17) is 4.74 Å². The molecule has 1 saturated heterocycles. The normalized spacial score (nSPS) is 13.3. The monoisotopic (exact) mass is 228 g/mol. The summed E-state index contributed by atoms with van der Waals surface area (Å²) in [7, 11) is 0. The van der Waals surface area contributed by atoms with Crippen molar-refractivity contribution in [2.24, 2.45) is 0 Å². The van der Waals surface area contributed by atoms with Gasteiger partial charge >= 0.3 is 18.6 Å². The van der Waals surface area contributed by atoms with Gasteiger partial charge in [-0.3, -0.25) is 0 Å². The molecule has 1 aliphatic heterocycles. The summed E-state index contributed by atoms with van der Waals surface area (Å²) in [6.45, 7) is 2.00. The van der Waals surface area contributed by atoms with Gasteiger partial charge in [0.15, 0.2) is 0 Å². The average molecular weight is 229 g/mol. The Hall–Kier alpha value is 1.41. The first kappa shape index (κ1) is 22.4. The van der Waals surface area contributed by atoms with Gasteiger partial charge in [0.1, 0.15) is 0 Å². The van der Waals surface area contributed by atoms with E-state index in [0.717, 1.165) is 13.2 Å². The molecule has 57 valence electrons. The summed E-state index contributed by atoms with van der Waals surface area (Å²) < 4.78 is 4.94. The molecule has 1 rings (SSSR count). The molecule has 1 fully saturated rings. The average Bonchev–Trinajstić information content (AvgIpc) is 1.76. The van der Waals surface area contributed by atoms with Crippen molar-refractivity contribution in [3.63, 3.8) is 0 Å². The molecule has 0 aliphatic carbocycles. The van der Waals surface area contributed by atoms with Crippen LogP contribution in [0.25, 0.3) is 0 Å². The first-order valence-electron chi connectivity index (χ1n) is 2.08. The fourth-order valence-corrected chi connectivity index (χ4v) is 0.510. The standard InChI is InChI=1S/C4H8O.3ClH.V/c1-2-4-5-3-1;;;;/h1-4H2;3*1H;/q;;;;+2/p-3. The van der Waals surface area contributed by atoms with Crippen molar-refractivity contribution < 1.29 is 60.5 Å². The second kappa shape index (κ2) is 16.2. The van der Waals surface area contributed by atoms with Crippen LogP contribution in [0.2, 0.25) is 0 Å². The van der Waals surface area contributed by atoms with Crippen LogP contribution in [0.4, 0.5) is 0 Å². The maximum Gasteiger partial charge on any atom is 2.00 e. The van der Waals surface area contributed by atoms with Gasteiger partial charge in [-0.2, -0.15) is 0 Å². The van der Waals surface area contributed by atoms with E-state index >= 15 is 0 Å². The van der Waals surface area contributed by atoms with E-state index in [-0.39, 0.29) is 55.8 Å². The molecule has 0 atom stereocenters. The Morgan fingerprint density at radius 2 is 1.11 bits per heavy atom. The summed E-state index contributed by atoms with van der Waals surface area (Å²) in [6.07, 6.45) is 2.56. The molecule has 0 amide bonds. The van der Waals surface area contributed by atoms with E-state index in [2.05, 4.69) is 0 Å².